The molecule has 3 aromatic heterocycles. The highest BCUT2D eigenvalue weighted by Gasteiger charge is 2.29. The van der Waals surface area contributed by atoms with Crippen LogP contribution in [0.2, 0.25) is 0 Å². The van der Waals surface area contributed by atoms with Crippen LogP contribution >= 0.6 is 0 Å². The molecule has 0 spiro atoms. The van der Waals surface area contributed by atoms with Crippen LogP contribution in [0.1, 0.15) is 12.7 Å². The highest BCUT2D eigenvalue weighted by atomic mass is 19.1. The first-order valence-electron chi connectivity index (χ1n) is 9.64. The summed E-state index contributed by atoms with van der Waals surface area (Å²) < 4.78 is 15.4. The molecule has 1 atom stereocenters. The van der Waals surface area contributed by atoms with Gasteiger partial charge in [-0.15, -0.1) is 0 Å². The van der Waals surface area contributed by atoms with Crippen molar-refractivity contribution in [2.24, 2.45) is 0 Å². The van der Waals surface area contributed by atoms with Gasteiger partial charge in [0.2, 0.25) is 0 Å². The lowest BCUT2D eigenvalue weighted by Crippen LogP contribution is -2.40. The lowest BCUT2D eigenvalue weighted by Gasteiger charge is -2.29. The summed E-state index contributed by atoms with van der Waals surface area (Å²) in [4.78, 5) is 33.9. The molecular formula is C21H17BFN7O. The number of imidazole rings is 1. The number of aromatic amines is 1. The third-order valence-corrected chi connectivity index (χ3v) is 5.05. The molecule has 152 valence electrons. The molecule has 0 saturated carbocycles. The monoisotopic (exact) mass is 413 g/mol. The fraction of sp³-hybridized carbons (Fsp3) is 0.0952. The number of nitrogens with zero attached hydrogens (tertiary/aromatic N) is 5. The average molecular weight is 413 g/mol. The van der Waals surface area contributed by atoms with Crippen LogP contribution in [0.3, 0.4) is 0 Å². The Labute approximate surface area is 176 Å². The molecule has 31 heavy (non-hydrogen) atoms. The highest BCUT2D eigenvalue weighted by molar-refractivity contribution is 6.17. The van der Waals surface area contributed by atoms with Crippen LogP contribution in [0.25, 0.3) is 27.8 Å². The summed E-state index contributed by atoms with van der Waals surface area (Å²) in [6.07, 6.45) is 2.97. The number of fused-ring (bicyclic) bond motifs is 2. The molecule has 0 saturated heterocycles. The van der Waals surface area contributed by atoms with Gasteiger partial charge in [0, 0.05) is 0 Å². The first-order chi connectivity index (χ1) is 14.9. The predicted molar refractivity (Wildman–Crippen MR) is 119 cm³/mol. The number of aromatic nitrogens is 6. The fourth-order valence-electron chi connectivity index (χ4n) is 3.60. The minimum atomic E-state index is -0.849. The van der Waals surface area contributed by atoms with E-state index in [-0.39, 0.29) is 10.9 Å². The minimum absolute atomic E-state index is 0.208. The van der Waals surface area contributed by atoms with Gasteiger partial charge in [0.1, 0.15) is 31.3 Å². The number of rotatable bonds is 4. The number of benzene rings is 2. The second-order valence-electron chi connectivity index (χ2n) is 7.65. The molecule has 3 heterocycles. The van der Waals surface area contributed by atoms with Crippen LogP contribution in [-0.2, 0) is 5.44 Å². The molecule has 5 rings (SSSR count). The number of halogens is 1. The van der Waals surface area contributed by atoms with Crippen molar-refractivity contribution in [1.29, 1.82) is 0 Å². The van der Waals surface area contributed by atoms with Crippen molar-refractivity contribution in [2.45, 2.75) is 12.4 Å². The largest absolute Gasteiger partial charge is 0.363 e. The third-order valence-electron chi connectivity index (χ3n) is 5.05. The van der Waals surface area contributed by atoms with E-state index in [1.807, 2.05) is 45.1 Å². The lowest BCUT2D eigenvalue weighted by molar-refractivity contribution is 0.628. The van der Waals surface area contributed by atoms with Gasteiger partial charge in [-0.2, -0.15) is 0 Å². The van der Waals surface area contributed by atoms with Crippen molar-refractivity contribution < 1.29 is 4.39 Å². The summed E-state index contributed by atoms with van der Waals surface area (Å²) in [5.41, 5.74) is 1.01. The zero-order valence-corrected chi connectivity index (χ0v) is 16.8. The maximum Gasteiger partial charge on any atom is 0.266 e. The van der Waals surface area contributed by atoms with Gasteiger partial charge in [-0.05, 0) is 37.3 Å². The van der Waals surface area contributed by atoms with E-state index in [0.29, 0.717) is 34.0 Å². The van der Waals surface area contributed by atoms with E-state index in [1.165, 1.54) is 29.1 Å². The normalized spacial score (nSPS) is 13.4. The molecule has 0 unspecified atom stereocenters. The number of H-pyrrole nitrogens is 1. The Kier molecular flexibility index (Phi) is 4.28. The second kappa shape index (κ2) is 7.01. The van der Waals surface area contributed by atoms with E-state index >= 15 is 0 Å². The van der Waals surface area contributed by atoms with Crippen molar-refractivity contribution in [3.05, 3.63) is 83.2 Å². The van der Waals surface area contributed by atoms with Crippen LogP contribution in [0.15, 0.2) is 66.0 Å². The summed E-state index contributed by atoms with van der Waals surface area (Å²) in [5.74, 6) is 0.465. The van der Waals surface area contributed by atoms with Crippen molar-refractivity contribution >= 4 is 35.7 Å². The van der Waals surface area contributed by atoms with E-state index in [0.717, 1.165) is 0 Å². The summed E-state index contributed by atoms with van der Waals surface area (Å²) in [6.45, 7) is 1.89. The first-order valence-corrected chi connectivity index (χ1v) is 9.64. The molecule has 0 fully saturated rings. The quantitative estimate of drug-likeness (QED) is 0.438. The summed E-state index contributed by atoms with van der Waals surface area (Å²) in [6, 6.07) is 13.2. The number of nitrogens with one attached hydrogen (secondary N) is 2. The molecule has 2 N–H and O–H groups in total. The highest BCUT2D eigenvalue weighted by Crippen LogP contribution is 2.26. The van der Waals surface area contributed by atoms with Crippen molar-refractivity contribution in [2.75, 3.05) is 5.32 Å². The van der Waals surface area contributed by atoms with Gasteiger partial charge in [0.15, 0.2) is 11.5 Å². The molecular weight excluding hydrogens is 396 g/mol. The molecule has 2 aromatic carbocycles. The Morgan fingerprint density at radius 1 is 1.13 bits per heavy atom. The number of para-hydroxylation sites is 1. The third kappa shape index (κ3) is 3.22. The van der Waals surface area contributed by atoms with Crippen LogP contribution < -0.4 is 10.9 Å². The maximum absolute atomic E-state index is 13.9. The molecule has 8 nitrogen and oxygen atoms in total. The van der Waals surface area contributed by atoms with Crippen LogP contribution in [0.5, 0.6) is 0 Å². The Morgan fingerprint density at radius 3 is 2.74 bits per heavy atom. The second-order valence-corrected chi connectivity index (χ2v) is 7.65. The van der Waals surface area contributed by atoms with Crippen LogP contribution in [-0.4, -0.2) is 37.3 Å². The van der Waals surface area contributed by atoms with E-state index < -0.39 is 11.3 Å². The van der Waals surface area contributed by atoms with E-state index in [4.69, 9.17) is 4.98 Å². The van der Waals surface area contributed by atoms with Gasteiger partial charge in [-0.1, -0.05) is 18.2 Å². The van der Waals surface area contributed by atoms with Gasteiger partial charge in [0.25, 0.3) is 5.56 Å². The van der Waals surface area contributed by atoms with Crippen molar-refractivity contribution in [3.63, 3.8) is 0 Å². The Hall–Kier alpha value is -4.08. The average Bonchev–Trinajstić information content (AvgIpc) is 3.24. The minimum Gasteiger partial charge on any atom is -0.363 e. The van der Waals surface area contributed by atoms with Gasteiger partial charge in [0.05, 0.1) is 28.4 Å². The number of hydrogen-bond acceptors (Lipinski definition) is 6. The first kappa shape index (κ1) is 18.9. The van der Waals surface area contributed by atoms with Crippen molar-refractivity contribution in [3.8, 4) is 5.69 Å². The van der Waals surface area contributed by atoms with Gasteiger partial charge >= 0.3 is 0 Å². The number of anilines is 1. The fourth-order valence-corrected chi connectivity index (χ4v) is 3.60. The maximum atomic E-state index is 13.9. The molecule has 0 aliphatic carbocycles. The molecule has 0 aliphatic heterocycles. The number of hydrogen-bond donors (Lipinski definition) is 2. The molecule has 10 heteroatoms. The Bertz CT molecular complexity index is 1480. The summed E-state index contributed by atoms with van der Waals surface area (Å²) >= 11 is 0. The predicted octanol–water partition coefficient (Wildman–Crippen LogP) is 2.11. The standard InChI is InChI=1S/C21H17BFN7O/c1-21(22,29-18-16-17(25-10-24-16)26-11-27-18)20-28-15-8-7-12(23)9-14(15)19(31)30(20)13-5-3-2-4-6-13/h2-11H,22H2,1H3,(H2,24,25,26,27,29)/t21-/m0/s1. The Morgan fingerprint density at radius 2 is 1.94 bits per heavy atom. The van der Waals surface area contributed by atoms with Gasteiger partial charge < -0.3 is 10.3 Å². The topological polar surface area (TPSA) is 101 Å². The van der Waals surface area contributed by atoms with Gasteiger partial charge in [-0.25, -0.2) is 24.3 Å². The van der Waals surface area contributed by atoms with Crippen LogP contribution in [0, 0.1) is 5.82 Å². The van der Waals surface area contributed by atoms with E-state index in [2.05, 4.69) is 25.3 Å². The smallest absolute Gasteiger partial charge is 0.266 e. The summed E-state index contributed by atoms with van der Waals surface area (Å²) in [5, 5.41) is 3.56. The summed E-state index contributed by atoms with van der Waals surface area (Å²) in [7, 11) is 1.89. The molecule has 0 aliphatic rings. The van der Waals surface area contributed by atoms with Crippen LogP contribution in [0.4, 0.5) is 10.2 Å². The van der Waals surface area contributed by atoms with E-state index in [1.54, 1.807) is 6.33 Å². The molecule has 5 aromatic rings. The van der Waals surface area contributed by atoms with Gasteiger partial charge in [-0.3, -0.25) is 9.36 Å². The van der Waals surface area contributed by atoms with Crippen molar-refractivity contribution in [1.82, 2.24) is 29.5 Å². The zero-order valence-electron chi connectivity index (χ0n) is 16.8. The Balaban J connectivity index is 1.75. The zero-order chi connectivity index (χ0) is 21.6. The molecule has 0 amide bonds. The molecule has 0 bridgehead atoms. The lowest BCUT2D eigenvalue weighted by atomic mass is 9.78. The van der Waals surface area contributed by atoms with E-state index in [9.17, 15) is 9.18 Å². The SMILES string of the molecule is B[C@@](C)(Nc1ncnc2[nH]cnc12)c1nc2ccc(F)cc2c(=O)n1-c1ccccc1. The molecule has 0 radical (unpaired) electrons.